The van der Waals surface area contributed by atoms with E-state index in [4.69, 9.17) is 5.73 Å². The van der Waals surface area contributed by atoms with Crippen LogP contribution in [0.1, 0.15) is 12.5 Å². The van der Waals surface area contributed by atoms with Gasteiger partial charge in [-0.3, -0.25) is 9.79 Å². The molecule has 0 fully saturated rings. The molecule has 0 heterocycles. The van der Waals surface area contributed by atoms with Crippen LogP contribution in [-0.4, -0.2) is 25.7 Å². The molecule has 90 valence electrons. The molecule has 0 bridgehead atoms. The molecule has 0 radical (unpaired) electrons. The largest absolute Gasteiger partial charge is 0.402 e. The maximum absolute atomic E-state index is 11.8. The molecule has 0 saturated carbocycles. The number of allylic oxidation sites excluding steroid dienone is 1. The summed E-state index contributed by atoms with van der Waals surface area (Å²) in [4.78, 5) is 16.0. The number of hydrogen-bond acceptors (Lipinski definition) is 3. The number of aliphatic imine (C=N–C) groups is 1. The number of likely N-dealkylation sites (N-methyl/N-ethyl adjacent to an activating group) is 1. The Morgan fingerprint density at radius 3 is 2.29 bits per heavy atom. The number of nitrogens with two attached hydrogens (primary N) is 1. The van der Waals surface area contributed by atoms with E-state index in [1.807, 2.05) is 30.3 Å². The third kappa shape index (κ3) is 2.93. The quantitative estimate of drug-likeness (QED) is 0.604. The first-order valence-corrected chi connectivity index (χ1v) is 5.32. The highest BCUT2D eigenvalue weighted by atomic mass is 16.1. The molecule has 0 saturated heterocycles. The second kappa shape index (κ2) is 5.84. The van der Waals surface area contributed by atoms with E-state index in [2.05, 4.69) is 10.3 Å². The van der Waals surface area contributed by atoms with Crippen molar-refractivity contribution in [3.8, 4) is 0 Å². The predicted octanol–water partition coefficient (Wildman–Crippen LogP) is 1.08. The van der Waals surface area contributed by atoms with Gasteiger partial charge in [0.1, 0.15) is 0 Å². The molecule has 1 amide bonds. The highest BCUT2D eigenvalue weighted by Gasteiger charge is 2.17. The van der Waals surface area contributed by atoms with E-state index >= 15 is 0 Å². The van der Waals surface area contributed by atoms with Crippen molar-refractivity contribution in [2.75, 3.05) is 14.1 Å². The summed E-state index contributed by atoms with van der Waals surface area (Å²) in [7, 11) is 3.22. The van der Waals surface area contributed by atoms with Gasteiger partial charge < -0.3 is 11.1 Å². The van der Waals surface area contributed by atoms with Crippen LogP contribution in [0.2, 0.25) is 0 Å². The summed E-state index contributed by atoms with van der Waals surface area (Å²) in [6.45, 7) is 1.69. The summed E-state index contributed by atoms with van der Waals surface area (Å²) in [6, 6.07) is 9.50. The van der Waals surface area contributed by atoms with Gasteiger partial charge >= 0.3 is 0 Å². The van der Waals surface area contributed by atoms with Gasteiger partial charge in [0.05, 0.1) is 11.3 Å². The van der Waals surface area contributed by atoms with Crippen LogP contribution in [0.3, 0.4) is 0 Å². The minimum absolute atomic E-state index is 0.227. The fourth-order valence-corrected chi connectivity index (χ4v) is 1.58. The Labute approximate surface area is 101 Å². The second-order valence-corrected chi connectivity index (χ2v) is 3.58. The molecule has 1 aromatic carbocycles. The van der Waals surface area contributed by atoms with Crippen molar-refractivity contribution >= 4 is 11.6 Å². The van der Waals surface area contributed by atoms with Crippen LogP contribution in [0.15, 0.2) is 46.6 Å². The zero-order valence-electron chi connectivity index (χ0n) is 10.3. The van der Waals surface area contributed by atoms with Gasteiger partial charge in [0.15, 0.2) is 0 Å². The standard InChI is InChI=1S/C13H17N3O/c1-9(14)11(13(17)16-3)12(15-2)10-7-5-4-6-8-10/h4-8H,14H2,1-3H3,(H,16,17)/b11-9-,15-12?. The van der Waals surface area contributed by atoms with Crippen molar-refractivity contribution in [2.24, 2.45) is 10.7 Å². The Morgan fingerprint density at radius 1 is 1.29 bits per heavy atom. The fourth-order valence-electron chi connectivity index (χ4n) is 1.58. The number of benzene rings is 1. The lowest BCUT2D eigenvalue weighted by atomic mass is 10.00. The molecule has 17 heavy (non-hydrogen) atoms. The van der Waals surface area contributed by atoms with Crippen LogP contribution in [0.5, 0.6) is 0 Å². The molecule has 0 spiro atoms. The van der Waals surface area contributed by atoms with Crippen molar-refractivity contribution in [1.82, 2.24) is 5.32 Å². The molecule has 0 aliphatic rings. The molecule has 0 aliphatic heterocycles. The lowest BCUT2D eigenvalue weighted by Gasteiger charge is -2.11. The number of rotatable bonds is 3. The molecule has 0 aliphatic carbocycles. The first-order chi connectivity index (χ1) is 8.11. The van der Waals surface area contributed by atoms with Crippen molar-refractivity contribution in [1.29, 1.82) is 0 Å². The number of amides is 1. The Hall–Kier alpha value is -2.10. The third-order valence-corrected chi connectivity index (χ3v) is 2.36. The minimum Gasteiger partial charge on any atom is -0.402 e. The van der Waals surface area contributed by atoms with Crippen molar-refractivity contribution in [3.63, 3.8) is 0 Å². The summed E-state index contributed by atoms with van der Waals surface area (Å²) in [5, 5.41) is 2.57. The van der Waals surface area contributed by atoms with E-state index in [9.17, 15) is 4.79 Å². The minimum atomic E-state index is -0.227. The predicted molar refractivity (Wildman–Crippen MR) is 69.9 cm³/mol. The molecule has 0 aromatic heterocycles. The maximum Gasteiger partial charge on any atom is 0.254 e. The molecule has 0 unspecified atom stereocenters. The number of carbonyl (C=O) groups excluding carboxylic acids is 1. The van der Waals surface area contributed by atoms with Gasteiger partial charge in [0, 0.05) is 25.4 Å². The number of carbonyl (C=O) groups is 1. The number of nitrogens with one attached hydrogen (secondary N) is 1. The van der Waals surface area contributed by atoms with E-state index in [0.717, 1.165) is 5.56 Å². The van der Waals surface area contributed by atoms with Crippen molar-refractivity contribution in [2.45, 2.75) is 6.92 Å². The highest BCUT2D eigenvalue weighted by molar-refractivity contribution is 6.28. The molecular weight excluding hydrogens is 214 g/mol. The van der Waals surface area contributed by atoms with E-state index in [-0.39, 0.29) is 5.91 Å². The lowest BCUT2D eigenvalue weighted by molar-refractivity contribution is -0.116. The highest BCUT2D eigenvalue weighted by Crippen LogP contribution is 2.11. The Kier molecular flexibility index (Phi) is 4.46. The van der Waals surface area contributed by atoms with Gasteiger partial charge in [-0.15, -0.1) is 0 Å². The average Bonchev–Trinajstić information content (AvgIpc) is 2.35. The Balaban J connectivity index is 3.28. The summed E-state index contributed by atoms with van der Waals surface area (Å²) >= 11 is 0. The summed E-state index contributed by atoms with van der Waals surface area (Å²) in [6.07, 6.45) is 0. The smallest absolute Gasteiger partial charge is 0.254 e. The average molecular weight is 231 g/mol. The normalized spacial score (nSPS) is 13.0. The molecule has 3 N–H and O–H groups in total. The van der Waals surface area contributed by atoms with Gasteiger partial charge in [0.25, 0.3) is 5.91 Å². The molecule has 4 nitrogen and oxygen atoms in total. The lowest BCUT2D eigenvalue weighted by Crippen LogP contribution is -2.28. The topological polar surface area (TPSA) is 67.5 Å². The number of nitrogens with zero attached hydrogens (tertiary/aromatic N) is 1. The van der Waals surface area contributed by atoms with Crippen LogP contribution in [0.25, 0.3) is 0 Å². The molecule has 4 heteroatoms. The van der Waals surface area contributed by atoms with Crippen LogP contribution in [-0.2, 0) is 4.79 Å². The van der Waals surface area contributed by atoms with Gasteiger partial charge in [-0.05, 0) is 6.92 Å². The van der Waals surface area contributed by atoms with E-state index in [1.54, 1.807) is 21.0 Å². The first-order valence-electron chi connectivity index (χ1n) is 5.32. The monoisotopic (exact) mass is 231 g/mol. The summed E-state index contributed by atoms with van der Waals surface area (Å²) in [5.74, 6) is -0.227. The molecule has 1 aromatic rings. The third-order valence-electron chi connectivity index (χ3n) is 2.36. The van der Waals surface area contributed by atoms with Crippen molar-refractivity contribution < 1.29 is 4.79 Å². The van der Waals surface area contributed by atoms with Gasteiger partial charge in [0.2, 0.25) is 0 Å². The summed E-state index contributed by atoms with van der Waals surface area (Å²) in [5.41, 5.74) is 8.11. The van der Waals surface area contributed by atoms with E-state index in [1.165, 1.54) is 0 Å². The summed E-state index contributed by atoms with van der Waals surface area (Å²) < 4.78 is 0. The van der Waals surface area contributed by atoms with Crippen LogP contribution >= 0.6 is 0 Å². The Bertz CT molecular complexity index is 457. The van der Waals surface area contributed by atoms with Crippen LogP contribution < -0.4 is 11.1 Å². The van der Waals surface area contributed by atoms with E-state index in [0.29, 0.717) is 17.0 Å². The molecule has 0 atom stereocenters. The zero-order valence-corrected chi connectivity index (χ0v) is 10.3. The van der Waals surface area contributed by atoms with Crippen LogP contribution in [0, 0.1) is 0 Å². The van der Waals surface area contributed by atoms with Crippen LogP contribution in [0.4, 0.5) is 0 Å². The second-order valence-electron chi connectivity index (χ2n) is 3.58. The SMILES string of the molecule is CN=C(/C(C(=O)NC)=C(\C)N)c1ccccc1. The number of hydrogen-bond donors (Lipinski definition) is 2. The zero-order chi connectivity index (χ0) is 12.8. The molecule has 1 rings (SSSR count). The fraction of sp³-hybridized carbons (Fsp3) is 0.231. The maximum atomic E-state index is 11.8. The van der Waals surface area contributed by atoms with Crippen molar-refractivity contribution in [3.05, 3.63) is 47.2 Å². The Morgan fingerprint density at radius 2 is 1.88 bits per heavy atom. The van der Waals surface area contributed by atoms with E-state index < -0.39 is 0 Å². The molecular formula is C13H17N3O. The van der Waals surface area contributed by atoms with Gasteiger partial charge in [-0.2, -0.15) is 0 Å². The first kappa shape index (κ1) is 13.0. The van der Waals surface area contributed by atoms with Gasteiger partial charge in [-0.1, -0.05) is 30.3 Å². The van der Waals surface area contributed by atoms with Gasteiger partial charge in [-0.25, -0.2) is 0 Å².